The minimum atomic E-state index is -0.532. The number of nitrogens with one attached hydrogen (secondary N) is 1. The number of aromatic nitrogens is 1. The van der Waals surface area contributed by atoms with Gasteiger partial charge in [0.25, 0.3) is 0 Å². The lowest BCUT2D eigenvalue weighted by Gasteiger charge is -2.36. The zero-order valence-corrected chi connectivity index (χ0v) is 16.6. The van der Waals surface area contributed by atoms with Crippen molar-refractivity contribution >= 4 is 17.6 Å². The number of fused-ring (bicyclic) bond motifs is 3. The van der Waals surface area contributed by atoms with Gasteiger partial charge in [-0.05, 0) is 42.3 Å². The average molecular weight is 412 g/mol. The van der Waals surface area contributed by atoms with Gasteiger partial charge in [-0.2, -0.15) is 0 Å². The van der Waals surface area contributed by atoms with E-state index < -0.39 is 6.10 Å². The Hall–Kier alpha value is -2.97. The Labute approximate surface area is 174 Å². The lowest BCUT2D eigenvalue weighted by molar-refractivity contribution is -0.156. The molecule has 1 fully saturated rings. The monoisotopic (exact) mass is 412 g/mol. The van der Waals surface area contributed by atoms with Crippen LogP contribution in [-0.2, 0) is 25.5 Å². The normalized spacial score (nSPS) is 24.3. The quantitative estimate of drug-likeness (QED) is 0.697. The Balaban J connectivity index is 1.49. The summed E-state index contributed by atoms with van der Waals surface area (Å²) in [5, 5.41) is 12.7. The van der Waals surface area contributed by atoms with Gasteiger partial charge in [0.1, 0.15) is 18.0 Å². The Bertz CT molecular complexity index is 919. The highest BCUT2D eigenvalue weighted by molar-refractivity contribution is 5.92. The lowest BCUT2D eigenvalue weighted by atomic mass is 9.84. The molecule has 2 aliphatic heterocycles. The predicted octanol–water partition coefficient (Wildman–Crippen LogP) is 1.82. The second kappa shape index (κ2) is 8.81. The molecule has 3 heterocycles. The third-order valence-electron chi connectivity index (χ3n) is 5.52. The zero-order valence-electron chi connectivity index (χ0n) is 16.6. The van der Waals surface area contributed by atoms with Crippen LogP contribution < -0.4 is 10.1 Å². The summed E-state index contributed by atoms with van der Waals surface area (Å²) in [6.45, 7) is -0.206. The molecule has 1 aromatic heterocycles. The summed E-state index contributed by atoms with van der Waals surface area (Å²) in [7, 11) is 1.34. The van der Waals surface area contributed by atoms with E-state index in [9.17, 15) is 14.7 Å². The number of methoxy groups -OCH3 is 1. The number of carbonyl (C=O) groups is 2. The molecule has 0 saturated carbocycles. The van der Waals surface area contributed by atoms with Crippen LogP contribution in [-0.4, -0.2) is 54.0 Å². The van der Waals surface area contributed by atoms with Crippen molar-refractivity contribution in [1.82, 2.24) is 4.98 Å². The maximum atomic E-state index is 12.4. The average Bonchev–Trinajstić information content (AvgIpc) is 3.11. The number of ether oxygens (including phenoxy) is 3. The largest absolute Gasteiger partial charge is 0.487 e. The third-order valence-corrected chi connectivity index (χ3v) is 5.52. The van der Waals surface area contributed by atoms with Gasteiger partial charge in [-0.3, -0.25) is 14.6 Å². The van der Waals surface area contributed by atoms with Crippen LogP contribution in [0, 0.1) is 0 Å². The number of rotatable bonds is 6. The van der Waals surface area contributed by atoms with Crippen molar-refractivity contribution in [2.75, 3.05) is 19.0 Å². The lowest BCUT2D eigenvalue weighted by Crippen LogP contribution is -2.46. The van der Waals surface area contributed by atoms with Crippen LogP contribution in [0.3, 0.4) is 0 Å². The van der Waals surface area contributed by atoms with Crippen molar-refractivity contribution < 1.29 is 28.9 Å². The minimum absolute atomic E-state index is 0.0439. The molecular weight excluding hydrogens is 388 g/mol. The van der Waals surface area contributed by atoms with Gasteiger partial charge in [0.15, 0.2) is 0 Å². The van der Waals surface area contributed by atoms with Crippen molar-refractivity contribution in [3.8, 4) is 5.75 Å². The number of aliphatic hydroxyl groups excluding tert-OH is 1. The van der Waals surface area contributed by atoms with Crippen LogP contribution in [0.4, 0.5) is 5.69 Å². The summed E-state index contributed by atoms with van der Waals surface area (Å²) in [6.07, 6.45) is 3.02. The summed E-state index contributed by atoms with van der Waals surface area (Å²) >= 11 is 0. The summed E-state index contributed by atoms with van der Waals surface area (Å²) in [5.41, 5.74) is 2.50. The molecule has 4 rings (SSSR count). The number of amides is 1. The first-order chi connectivity index (χ1) is 14.6. The van der Waals surface area contributed by atoms with Gasteiger partial charge >= 0.3 is 5.97 Å². The Morgan fingerprint density at radius 3 is 2.80 bits per heavy atom. The molecule has 0 radical (unpaired) electrons. The van der Waals surface area contributed by atoms with Crippen molar-refractivity contribution in [3.05, 3.63) is 53.9 Å². The fraction of sp³-hybridized carbons (Fsp3) is 0.409. The van der Waals surface area contributed by atoms with E-state index in [0.717, 1.165) is 11.1 Å². The van der Waals surface area contributed by atoms with Gasteiger partial charge < -0.3 is 24.6 Å². The topological polar surface area (TPSA) is 107 Å². The number of esters is 1. The third kappa shape index (κ3) is 4.29. The van der Waals surface area contributed by atoms with Crippen molar-refractivity contribution in [2.45, 2.75) is 43.5 Å². The Kier molecular flexibility index (Phi) is 5.96. The van der Waals surface area contributed by atoms with Gasteiger partial charge in [0.2, 0.25) is 5.91 Å². The first kappa shape index (κ1) is 20.3. The molecule has 0 unspecified atom stereocenters. The summed E-state index contributed by atoms with van der Waals surface area (Å²) in [4.78, 5) is 28.0. The molecule has 1 amide bonds. The molecule has 158 valence electrons. The first-order valence-electron chi connectivity index (χ1n) is 9.90. The highest BCUT2D eigenvalue weighted by Gasteiger charge is 2.46. The van der Waals surface area contributed by atoms with Crippen LogP contribution >= 0.6 is 0 Å². The van der Waals surface area contributed by atoms with Crippen LogP contribution in [0.25, 0.3) is 0 Å². The molecule has 0 aliphatic carbocycles. The molecule has 2 aromatic rings. The number of anilines is 1. The SMILES string of the molecule is COC(=O)C[C@H]1C[C@@H]2c3cc(NC(=O)Cc4ccncc4)ccc3O[C@@H]2[C@@H](CO)O1. The van der Waals surface area contributed by atoms with E-state index in [0.29, 0.717) is 17.9 Å². The molecule has 2 N–H and O–H groups in total. The number of carbonyl (C=O) groups excluding carboxylic acids is 2. The standard InChI is InChI=1S/C22H24N2O6/c1-28-21(27)11-15-10-17-16-9-14(24-20(26)8-13-4-6-23-7-5-13)2-3-18(16)30-22(17)19(12-25)29-15/h2-7,9,15,17,19,22,25H,8,10-12H2,1H3,(H,24,26)/t15-,17-,19-,22+/m1/s1. The van der Waals surface area contributed by atoms with E-state index in [2.05, 4.69) is 10.3 Å². The number of hydrogen-bond acceptors (Lipinski definition) is 7. The molecule has 1 aromatic carbocycles. The van der Waals surface area contributed by atoms with Crippen LogP contribution in [0.1, 0.15) is 29.9 Å². The number of pyridine rings is 1. The predicted molar refractivity (Wildman–Crippen MR) is 107 cm³/mol. The maximum absolute atomic E-state index is 12.4. The van der Waals surface area contributed by atoms with E-state index in [1.165, 1.54) is 7.11 Å². The van der Waals surface area contributed by atoms with Crippen LogP contribution in [0.15, 0.2) is 42.7 Å². The summed E-state index contributed by atoms with van der Waals surface area (Å²) in [6, 6.07) is 9.12. The first-order valence-corrected chi connectivity index (χ1v) is 9.90. The Morgan fingerprint density at radius 2 is 2.07 bits per heavy atom. The van der Waals surface area contributed by atoms with Crippen molar-refractivity contribution in [1.29, 1.82) is 0 Å². The van der Waals surface area contributed by atoms with E-state index >= 15 is 0 Å². The van der Waals surface area contributed by atoms with E-state index in [4.69, 9.17) is 14.2 Å². The smallest absolute Gasteiger partial charge is 0.308 e. The van der Waals surface area contributed by atoms with Gasteiger partial charge in [-0.15, -0.1) is 0 Å². The van der Waals surface area contributed by atoms with Gasteiger partial charge in [-0.25, -0.2) is 0 Å². The number of aliphatic hydroxyl groups is 1. The summed E-state index contributed by atoms with van der Waals surface area (Å²) < 4.78 is 16.6. The molecule has 4 atom stereocenters. The van der Waals surface area contributed by atoms with Crippen molar-refractivity contribution in [2.24, 2.45) is 0 Å². The number of nitrogens with zero attached hydrogens (tertiary/aromatic N) is 1. The molecule has 1 saturated heterocycles. The number of benzene rings is 1. The van der Waals surface area contributed by atoms with Gasteiger partial charge in [-0.1, -0.05) is 0 Å². The van der Waals surface area contributed by atoms with E-state index in [1.54, 1.807) is 30.6 Å². The Morgan fingerprint density at radius 1 is 1.27 bits per heavy atom. The molecule has 0 bridgehead atoms. The fourth-order valence-electron chi connectivity index (χ4n) is 4.13. The van der Waals surface area contributed by atoms with Gasteiger partial charge in [0, 0.05) is 29.6 Å². The molecule has 2 aliphatic rings. The van der Waals surface area contributed by atoms with E-state index in [1.807, 2.05) is 12.1 Å². The summed E-state index contributed by atoms with van der Waals surface area (Å²) in [5.74, 6) is 0.183. The molecule has 8 nitrogen and oxygen atoms in total. The molecule has 8 heteroatoms. The van der Waals surface area contributed by atoms with Crippen LogP contribution in [0.5, 0.6) is 5.75 Å². The second-order valence-corrected chi connectivity index (χ2v) is 7.52. The van der Waals surface area contributed by atoms with Crippen LogP contribution in [0.2, 0.25) is 0 Å². The van der Waals surface area contributed by atoms with Gasteiger partial charge in [0.05, 0.1) is 32.7 Å². The molecule has 0 spiro atoms. The van der Waals surface area contributed by atoms with E-state index in [-0.39, 0.29) is 49.5 Å². The highest BCUT2D eigenvalue weighted by Crippen LogP contribution is 2.47. The minimum Gasteiger partial charge on any atom is -0.487 e. The maximum Gasteiger partial charge on any atom is 0.308 e. The molecule has 30 heavy (non-hydrogen) atoms. The highest BCUT2D eigenvalue weighted by atomic mass is 16.6. The zero-order chi connectivity index (χ0) is 21.1. The van der Waals surface area contributed by atoms with Crippen molar-refractivity contribution in [3.63, 3.8) is 0 Å². The second-order valence-electron chi connectivity index (χ2n) is 7.52. The fourth-order valence-corrected chi connectivity index (χ4v) is 4.13. The molecular formula is C22H24N2O6. The number of hydrogen-bond donors (Lipinski definition) is 2.